The number of rotatable bonds is 11. The van der Waals surface area contributed by atoms with E-state index in [0.29, 0.717) is 35.9 Å². The average molecular weight is 684 g/mol. The summed E-state index contributed by atoms with van der Waals surface area (Å²) in [5.41, 5.74) is 0.678. The van der Waals surface area contributed by atoms with Crippen LogP contribution >= 0.6 is 0 Å². The van der Waals surface area contributed by atoms with Crippen LogP contribution in [-0.4, -0.2) is 70.5 Å². The van der Waals surface area contributed by atoms with Gasteiger partial charge >= 0.3 is 0 Å². The zero-order valence-corrected chi connectivity index (χ0v) is 35.3. The summed E-state index contributed by atoms with van der Waals surface area (Å²) >= 11 is 0. The minimum Gasteiger partial charge on any atom is -0.415 e. The van der Waals surface area contributed by atoms with Crippen molar-refractivity contribution in [3.8, 4) is 0 Å². The quantitative estimate of drug-likeness (QED) is 0.123. The monoisotopic (exact) mass is 683 g/mol. The van der Waals surface area contributed by atoms with Crippen molar-refractivity contribution in [2.45, 2.75) is 162 Å². The van der Waals surface area contributed by atoms with Crippen LogP contribution < -0.4 is 0 Å². The smallest absolute Gasteiger partial charge is 0.185 e. The fraction of sp³-hybridized carbons (Fsp3) is 0.971. The maximum Gasteiger partial charge on any atom is 0.185 e. The minimum atomic E-state index is -1.99. The van der Waals surface area contributed by atoms with Crippen molar-refractivity contribution in [2.24, 2.45) is 39.7 Å². The lowest BCUT2D eigenvalue weighted by molar-refractivity contribution is -0.183. The molecule has 0 radical (unpaired) electrons. The molecule has 0 amide bonds. The third-order valence-corrected chi connectivity index (χ3v) is 15.5. The lowest BCUT2D eigenvalue weighted by atomic mass is 9.43. The average Bonchev–Trinajstić information content (AvgIpc) is 3.10. The maximum atomic E-state index is 7.50. The molecule has 0 aliphatic heterocycles. The molecule has 4 rings (SSSR count). The molecular weight excluding hydrogens is 615 g/mol. The van der Waals surface area contributed by atoms with Gasteiger partial charge in [0, 0.05) is 17.6 Å². The highest BCUT2D eigenvalue weighted by Gasteiger charge is 2.70. The molecule has 0 spiro atoms. The Morgan fingerprint density at radius 1 is 0.750 bits per heavy atom. The predicted octanol–water partition coefficient (Wildman–Crippen LogP) is 9.52. The van der Waals surface area contributed by atoms with Gasteiger partial charge in [-0.3, -0.25) is 0 Å². The summed E-state index contributed by atoms with van der Waals surface area (Å²) in [6.45, 7) is 33.7. The molecule has 0 aromatic rings. The molecule has 4 aliphatic rings. The lowest BCUT2D eigenvalue weighted by Crippen LogP contribution is -2.66. The van der Waals surface area contributed by atoms with E-state index in [1.807, 2.05) is 0 Å². The SMILES string of the molecule is CO/N=C(\CO[Si](C)(C)C)[C@@]1(O[Si](C)(C)C)CCC2C3CCC4C[C@H](O[Si](C)(C)C)CC[C@]4(C)C3C(O[Si](C)(C)C)C[C@@]21C. The fourth-order valence-electron chi connectivity index (χ4n) is 10.3. The summed E-state index contributed by atoms with van der Waals surface area (Å²) in [5, 5.41) is 4.79. The second-order valence-electron chi connectivity index (χ2n) is 19.3. The molecule has 0 bridgehead atoms. The van der Waals surface area contributed by atoms with Gasteiger partial charge in [0.25, 0.3) is 0 Å². The van der Waals surface area contributed by atoms with Gasteiger partial charge in [-0.15, -0.1) is 0 Å². The lowest BCUT2D eigenvalue weighted by Gasteiger charge is -2.65. The molecule has 6 nitrogen and oxygen atoms in total. The van der Waals surface area contributed by atoms with Crippen molar-refractivity contribution in [2.75, 3.05) is 13.7 Å². The second-order valence-corrected chi connectivity index (χ2v) is 37.2. The molecular formula is C34H69NO5Si4. The minimum absolute atomic E-state index is 0.0970. The van der Waals surface area contributed by atoms with Crippen LogP contribution in [0.1, 0.15) is 65.2 Å². The summed E-state index contributed by atoms with van der Waals surface area (Å²) in [6.07, 6.45) is 10.2. The summed E-state index contributed by atoms with van der Waals surface area (Å²) in [6, 6.07) is 0. The van der Waals surface area contributed by atoms with Crippen LogP contribution in [0.15, 0.2) is 5.16 Å². The molecule has 0 N–H and O–H groups in total. The van der Waals surface area contributed by atoms with Crippen molar-refractivity contribution in [3.05, 3.63) is 0 Å². The third kappa shape index (κ3) is 7.73. The molecule has 4 fully saturated rings. The third-order valence-electron chi connectivity index (χ3n) is 11.5. The van der Waals surface area contributed by atoms with E-state index in [4.69, 9.17) is 27.7 Å². The highest BCUT2D eigenvalue weighted by molar-refractivity contribution is 6.71. The fourth-order valence-corrected chi connectivity index (χ4v) is 14.7. The van der Waals surface area contributed by atoms with Gasteiger partial charge in [-0.2, -0.15) is 0 Å². The van der Waals surface area contributed by atoms with E-state index < -0.39 is 38.9 Å². The number of fused-ring (bicyclic) bond motifs is 5. The summed E-state index contributed by atoms with van der Waals surface area (Å²) in [4.78, 5) is 5.62. The van der Waals surface area contributed by atoms with Crippen molar-refractivity contribution >= 4 is 39.0 Å². The van der Waals surface area contributed by atoms with E-state index in [-0.39, 0.29) is 11.5 Å². The van der Waals surface area contributed by atoms with Gasteiger partial charge in [0.15, 0.2) is 33.3 Å². The maximum absolute atomic E-state index is 7.50. The van der Waals surface area contributed by atoms with Crippen LogP contribution in [0.3, 0.4) is 0 Å². The Morgan fingerprint density at radius 2 is 1.39 bits per heavy atom. The van der Waals surface area contributed by atoms with Gasteiger partial charge in [0.2, 0.25) is 0 Å². The Labute approximate surface area is 275 Å². The molecule has 0 aromatic carbocycles. The summed E-state index contributed by atoms with van der Waals surface area (Å²) < 4.78 is 28.2. The molecule has 0 heterocycles. The Bertz CT molecular complexity index is 1050. The highest BCUT2D eigenvalue weighted by atomic mass is 28.4. The molecule has 4 saturated carbocycles. The Morgan fingerprint density at radius 3 is 1.93 bits per heavy atom. The normalized spacial score (nSPS) is 40.3. The van der Waals surface area contributed by atoms with E-state index in [9.17, 15) is 0 Å². The van der Waals surface area contributed by atoms with Crippen molar-refractivity contribution in [1.29, 1.82) is 0 Å². The van der Waals surface area contributed by atoms with Crippen LogP contribution in [0.25, 0.3) is 0 Å². The van der Waals surface area contributed by atoms with Gasteiger partial charge in [-0.25, -0.2) is 0 Å². The van der Waals surface area contributed by atoms with Crippen LogP contribution in [0.2, 0.25) is 78.6 Å². The van der Waals surface area contributed by atoms with E-state index in [2.05, 4.69) is 92.4 Å². The van der Waals surface area contributed by atoms with Gasteiger partial charge in [0.1, 0.15) is 18.4 Å². The molecule has 44 heavy (non-hydrogen) atoms. The first-order valence-electron chi connectivity index (χ1n) is 17.7. The van der Waals surface area contributed by atoms with E-state index in [1.54, 1.807) is 7.11 Å². The highest BCUT2D eigenvalue weighted by Crippen LogP contribution is 2.70. The van der Waals surface area contributed by atoms with Crippen molar-refractivity contribution in [1.82, 2.24) is 0 Å². The van der Waals surface area contributed by atoms with Crippen LogP contribution in [0, 0.1) is 34.5 Å². The summed E-state index contributed by atoms with van der Waals surface area (Å²) in [5.74, 6) is 2.52. The number of hydrogen-bond donors (Lipinski definition) is 0. The summed E-state index contributed by atoms with van der Waals surface area (Å²) in [7, 11) is -5.49. The van der Waals surface area contributed by atoms with Gasteiger partial charge in [-0.05, 0) is 159 Å². The first kappa shape index (κ1) is 37.0. The Kier molecular flexibility index (Phi) is 10.6. The van der Waals surface area contributed by atoms with Crippen LogP contribution in [-0.2, 0) is 22.5 Å². The van der Waals surface area contributed by atoms with E-state index >= 15 is 0 Å². The first-order valence-corrected chi connectivity index (χ1v) is 31.4. The van der Waals surface area contributed by atoms with Crippen molar-refractivity contribution in [3.63, 3.8) is 0 Å². The van der Waals surface area contributed by atoms with E-state index in [1.165, 1.54) is 38.5 Å². The molecule has 0 saturated heterocycles. The molecule has 10 heteroatoms. The molecule has 9 atom stereocenters. The van der Waals surface area contributed by atoms with Gasteiger partial charge in [0.05, 0.1) is 6.61 Å². The Balaban J connectivity index is 1.78. The zero-order chi connectivity index (χ0) is 33.1. The molecule has 256 valence electrons. The molecule has 4 aliphatic carbocycles. The number of oxime groups is 1. The number of hydrogen-bond acceptors (Lipinski definition) is 6. The standard InChI is InChI=1S/C34H69NO5Si4/c1-32-20-18-26(38-42(7,8)9)22-25(32)16-17-27-28-19-21-34(40-44(13,14)15,30(35-36-3)24-37-41(4,5)6)33(28,2)23-29(31(27)32)39-43(10,11)12/h25-29,31H,16-24H2,1-15H3/b35-30+/t25?,26-,27?,28?,29?,31?,32+,33+,34+/m1/s1. The zero-order valence-electron chi connectivity index (χ0n) is 31.3. The van der Waals surface area contributed by atoms with Gasteiger partial charge in [-0.1, -0.05) is 19.0 Å². The number of nitrogens with zero attached hydrogens (tertiary/aromatic N) is 1. The van der Waals surface area contributed by atoms with Crippen LogP contribution in [0.4, 0.5) is 0 Å². The van der Waals surface area contributed by atoms with E-state index in [0.717, 1.165) is 24.5 Å². The van der Waals surface area contributed by atoms with Crippen LogP contribution in [0.5, 0.6) is 0 Å². The van der Waals surface area contributed by atoms with Crippen molar-refractivity contribution < 1.29 is 22.5 Å². The molecule has 0 aromatic heterocycles. The molecule has 5 unspecified atom stereocenters. The largest absolute Gasteiger partial charge is 0.415 e. The second kappa shape index (κ2) is 12.6. The predicted molar refractivity (Wildman–Crippen MR) is 194 cm³/mol. The topological polar surface area (TPSA) is 58.5 Å². The Hall–Kier alpha value is 0.178. The first-order chi connectivity index (χ1) is 19.9. The van der Waals surface area contributed by atoms with Gasteiger partial charge < -0.3 is 22.5 Å².